The number of carbonyl (C=O) groups is 1. The van der Waals surface area contributed by atoms with E-state index in [9.17, 15) is 4.79 Å². The van der Waals surface area contributed by atoms with E-state index in [1.165, 1.54) is 0 Å². The molecule has 20 heavy (non-hydrogen) atoms. The van der Waals surface area contributed by atoms with Gasteiger partial charge in [-0.05, 0) is 32.5 Å². The zero-order valence-electron chi connectivity index (χ0n) is 11.7. The van der Waals surface area contributed by atoms with E-state index in [0.29, 0.717) is 36.2 Å². The quantitative estimate of drug-likeness (QED) is 0.673. The lowest BCUT2D eigenvalue weighted by Crippen LogP contribution is -2.49. The predicted molar refractivity (Wildman–Crippen MR) is 79.0 cm³/mol. The average Bonchev–Trinajstić information content (AvgIpc) is 3.03. The fourth-order valence-corrected chi connectivity index (χ4v) is 2.21. The molecule has 2 heterocycles. The number of nitrogens with zero attached hydrogens (tertiary/aromatic N) is 3. The first-order chi connectivity index (χ1) is 9.49. The summed E-state index contributed by atoms with van der Waals surface area (Å²) in [7, 11) is 0. The van der Waals surface area contributed by atoms with Crippen LogP contribution in [0.5, 0.6) is 0 Å². The standard InChI is InChI=1S/C13H18N4O2S/c1-9(2)8-14-13(20)17-6-4-5-16(17)12(18)11-7-10(3)19-15-11/h7H,1,4-6,8H2,2-3H3,(H,14,20). The van der Waals surface area contributed by atoms with E-state index < -0.39 is 0 Å². The van der Waals surface area contributed by atoms with Crippen LogP contribution in [0, 0.1) is 6.92 Å². The molecule has 1 aliphatic rings. The molecule has 0 bridgehead atoms. The summed E-state index contributed by atoms with van der Waals surface area (Å²) in [6, 6.07) is 1.63. The Hall–Kier alpha value is -1.89. The fourth-order valence-electron chi connectivity index (χ4n) is 1.95. The van der Waals surface area contributed by atoms with Gasteiger partial charge in [-0.25, -0.2) is 5.01 Å². The third-order valence-electron chi connectivity index (χ3n) is 2.89. The van der Waals surface area contributed by atoms with Crippen LogP contribution in [-0.2, 0) is 0 Å². The van der Waals surface area contributed by atoms with E-state index in [2.05, 4.69) is 17.1 Å². The Morgan fingerprint density at radius 2 is 2.25 bits per heavy atom. The largest absolute Gasteiger partial charge is 0.361 e. The molecule has 1 aromatic heterocycles. The number of hydrogen-bond donors (Lipinski definition) is 1. The second-order valence-corrected chi connectivity index (χ2v) is 5.23. The van der Waals surface area contributed by atoms with E-state index in [1.54, 1.807) is 23.0 Å². The Balaban J connectivity index is 2.05. The average molecular weight is 294 g/mol. The molecular formula is C13H18N4O2S. The summed E-state index contributed by atoms with van der Waals surface area (Å²) in [6.45, 7) is 9.42. The Labute approximate surface area is 123 Å². The molecule has 2 rings (SSSR count). The first-order valence-electron chi connectivity index (χ1n) is 6.44. The Bertz CT molecular complexity index is 540. The van der Waals surface area contributed by atoms with Crippen molar-refractivity contribution in [3.63, 3.8) is 0 Å². The van der Waals surface area contributed by atoms with Gasteiger partial charge >= 0.3 is 0 Å². The first-order valence-corrected chi connectivity index (χ1v) is 6.84. The molecule has 0 aromatic carbocycles. The van der Waals surface area contributed by atoms with Crippen molar-refractivity contribution in [1.29, 1.82) is 0 Å². The maximum Gasteiger partial charge on any atom is 0.294 e. The molecule has 108 valence electrons. The minimum absolute atomic E-state index is 0.196. The summed E-state index contributed by atoms with van der Waals surface area (Å²) in [5.74, 6) is 0.418. The monoisotopic (exact) mass is 294 g/mol. The van der Waals surface area contributed by atoms with Crippen LogP contribution in [0.2, 0.25) is 0 Å². The lowest BCUT2D eigenvalue weighted by atomic mass is 10.3. The first kappa shape index (κ1) is 14.5. The highest BCUT2D eigenvalue weighted by Gasteiger charge is 2.30. The van der Waals surface area contributed by atoms with Crippen LogP contribution < -0.4 is 5.32 Å². The number of aryl methyl sites for hydroxylation is 1. The molecule has 1 saturated heterocycles. The van der Waals surface area contributed by atoms with E-state index in [1.807, 2.05) is 6.92 Å². The molecule has 0 spiro atoms. The second kappa shape index (κ2) is 6.04. The number of carbonyl (C=O) groups excluding carboxylic acids is 1. The SMILES string of the molecule is C=C(C)CNC(=S)N1CCCN1C(=O)c1cc(C)on1. The lowest BCUT2D eigenvalue weighted by molar-refractivity contribution is 0.0481. The maximum absolute atomic E-state index is 12.4. The van der Waals surface area contributed by atoms with Gasteiger partial charge in [0.2, 0.25) is 0 Å². The van der Waals surface area contributed by atoms with E-state index >= 15 is 0 Å². The van der Waals surface area contributed by atoms with Crippen molar-refractivity contribution in [3.8, 4) is 0 Å². The number of amides is 1. The smallest absolute Gasteiger partial charge is 0.294 e. The minimum atomic E-state index is -0.196. The third kappa shape index (κ3) is 3.16. The zero-order valence-corrected chi connectivity index (χ0v) is 12.5. The van der Waals surface area contributed by atoms with Gasteiger partial charge in [-0.1, -0.05) is 17.3 Å². The summed E-state index contributed by atoms with van der Waals surface area (Å²) < 4.78 is 4.94. The molecule has 0 unspecified atom stereocenters. The lowest BCUT2D eigenvalue weighted by Gasteiger charge is -2.29. The molecule has 0 saturated carbocycles. The molecule has 1 aromatic rings. The van der Waals surface area contributed by atoms with Gasteiger partial charge in [-0.15, -0.1) is 0 Å². The van der Waals surface area contributed by atoms with Crippen molar-refractivity contribution < 1.29 is 9.32 Å². The van der Waals surface area contributed by atoms with Gasteiger partial charge in [0, 0.05) is 25.7 Å². The summed E-state index contributed by atoms with van der Waals surface area (Å²) in [5, 5.41) is 10.7. The van der Waals surface area contributed by atoms with Gasteiger partial charge in [0.1, 0.15) is 5.76 Å². The molecule has 1 fully saturated rings. The van der Waals surface area contributed by atoms with Crippen molar-refractivity contribution >= 4 is 23.2 Å². The van der Waals surface area contributed by atoms with Crippen LogP contribution in [0.1, 0.15) is 29.6 Å². The maximum atomic E-state index is 12.4. The van der Waals surface area contributed by atoms with Gasteiger partial charge in [0.25, 0.3) is 5.91 Å². The third-order valence-corrected chi connectivity index (χ3v) is 3.24. The van der Waals surface area contributed by atoms with Gasteiger partial charge in [0.05, 0.1) is 0 Å². The van der Waals surface area contributed by atoms with E-state index in [-0.39, 0.29) is 5.91 Å². The number of aromatic nitrogens is 1. The molecule has 0 aliphatic carbocycles. The Kier molecular flexibility index (Phi) is 4.39. The highest BCUT2D eigenvalue weighted by atomic mass is 32.1. The molecule has 1 aliphatic heterocycles. The minimum Gasteiger partial charge on any atom is -0.361 e. The zero-order chi connectivity index (χ0) is 14.7. The number of rotatable bonds is 3. The van der Waals surface area contributed by atoms with Crippen LogP contribution in [-0.4, -0.2) is 45.8 Å². The molecule has 0 atom stereocenters. The molecule has 1 N–H and O–H groups in total. The number of thiocarbonyl (C=S) groups is 1. The van der Waals surface area contributed by atoms with Crippen LogP contribution >= 0.6 is 12.2 Å². The summed E-state index contributed by atoms with van der Waals surface area (Å²) in [6.07, 6.45) is 0.872. The molecule has 1 amide bonds. The Morgan fingerprint density at radius 1 is 1.55 bits per heavy atom. The van der Waals surface area contributed by atoms with Crippen LogP contribution in [0.4, 0.5) is 0 Å². The van der Waals surface area contributed by atoms with Crippen molar-refractivity contribution in [3.05, 3.63) is 29.7 Å². The van der Waals surface area contributed by atoms with Crippen LogP contribution in [0.25, 0.3) is 0 Å². The second-order valence-electron chi connectivity index (χ2n) is 4.84. The van der Waals surface area contributed by atoms with Crippen LogP contribution in [0.15, 0.2) is 22.7 Å². The number of hydrogen-bond acceptors (Lipinski definition) is 4. The van der Waals surface area contributed by atoms with Crippen molar-refractivity contribution in [1.82, 2.24) is 20.5 Å². The highest BCUT2D eigenvalue weighted by molar-refractivity contribution is 7.80. The summed E-state index contributed by atoms with van der Waals surface area (Å²) in [4.78, 5) is 12.4. The topological polar surface area (TPSA) is 61.6 Å². The normalized spacial score (nSPS) is 14.5. The summed E-state index contributed by atoms with van der Waals surface area (Å²) in [5.41, 5.74) is 1.29. The number of hydrazine groups is 1. The Morgan fingerprint density at radius 3 is 2.85 bits per heavy atom. The fraction of sp³-hybridized carbons (Fsp3) is 0.462. The van der Waals surface area contributed by atoms with Gasteiger partial charge in [-0.3, -0.25) is 9.80 Å². The van der Waals surface area contributed by atoms with Crippen molar-refractivity contribution in [2.75, 3.05) is 19.6 Å². The number of nitrogens with one attached hydrogen (secondary N) is 1. The molecule has 7 heteroatoms. The summed E-state index contributed by atoms with van der Waals surface area (Å²) >= 11 is 5.32. The van der Waals surface area contributed by atoms with Gasteiger partial charge < -0.3 is 9.84 Å². The van der Waals surface area contributed by atoms with E-state index in [0.717, 1.165) is 12.0 Å². The molecule has 0 radical (unpaired) electrons. The highest BCUT2D eigenvalue weighted by Crippen LogP contribution is 2.15. The molecule has 6 nitrogen and oxygen atoms in total. The van der Waals surface area contributed by atoms with Crippen molar-refractivity contribution in [2.24, 2.45) is 0 Å². The molecular weight excluding hydrogens is 276 g/mol. The van der Waals surface area contributed by atoms with E-state index in [4.69, 9.17) is 16.7 Å². The van der Waals surface area contributed by atoms with Crippen molar-refractivity contribution in [2.45, 2.75) is 20.3 Å². The predicted octanol–water partition coefficient (Wildman–Crippen LogP) is 1.50. The van der Waals surface area contributed by atoms with Crippen LogP contribution in [0.3, 0.4) is 0 Å². The van der Waals surface area contributed by atoms with Gasteiger partial charge in [-0.2, -0.15) is 0 Å². The van der Waals surface area contributed by atoms with Gasteiger partial charge in [0.15, 0.2) is 10.8 Å².